The van der Waals surface area contributed by atoms with Gasteiger partial charge in [-0.2, -0.15) is 9.36 Å². The Balaban J connectivity index is 1.33. The van der Waals surface area contributed by atoms with E-state index >= 15 is 0 Å². The first kappa shape index (κ1) is 16.7. The third kappa shape index (κ3) is 4.67. The van der Waals surface area contributed by atoms with Crippen molar-refractivity contribution in [2.24, 2.45) is 0 Å². The maximum absolute atomic E-state index is 11.8. The molecule has 2 aromatic carbocycles. The van der Waals surface area contributed by atoms with E-state index < -0.39 is 0 Å². The van der Waals surface area contributed by atoms with Gasteiger partial charge in [-0.15, -0.1) is 0 Å². The van der Waals surface area contributed by atoms with Crippen LogP contribution >= 0.6 is 11.5 Å². The van der Waals surface area contributed by atoms with Gasteiger partial charge in [-0.25, -0.2) is 0 Å². The van der Waals surface area contributed by atoms with Gasteiger partial charge in [-0.05, 0) is 36.1 Å². The molecule has 1 aromatic heterocycles. The number of hydrogen-bond donors (Lipinski definition) is 1. The Labute approximate surface area is 156 Å². The molecule has 1 aliphatic carbocycles. The first-order valence-corrected chi connectivity index (χ1v) is 9.44. The minimum Gasteiger partial charge on any atom is -0.430 e. The van der Waals surface area contributed by atoms with Crippen molar-refractivity contribution in [2.45, 2.75) is 31.7 Å². The number of hydrogen-bond acceptors (Lipinski definition) is 5. The standard InChI is InChI=1S/C20H19N3O2S/c24-19(21-16-8-9-16)13-15-6-10-17(11-7-15)25-20-22-18(23-26-20)12-14-4-2-1-3-5-14/h1-7,10-11,16H,8-9,12-13H2,(H,21,24). The molecule has 1 heterocycles. The summed E-state index contributed by atoms with van der Waals surface area (Å²) in [6, 6.07) is 18.0. The van der Waals surface area contributed by atoms with Gasteiger partial charge >= 0.3 is 0 Å². The van der Waals surface area contributed by atoms with Crippen LogP contribution in [0.5, 0.6) is 10.9 Å². The van der Waals surface area contributed by atoms with Gasteiger partial charge in [0.2, 0.25) is 5.91 Å². The Morgan fingerprint density at radius 1 is 1.08 bits per heavy atom. The van der Waals surface area contributed by atoms with E-state index in [1.807, 2.05) is 42.5 Å². The lowest BCUT2D eigenvalue weighted by Gasteiger charge is -2.05. The highest BCUT2D eigenvalue weighted by atomic mass is 32.1. The second-order valence-electron chi connectivity index (χ2n) is 6.40. The molecule has 132 valence electrons. The van der Waals surface area contributed by atoms with E-state index in [9.17, 15) is 4.79 Å². The Bertz CT molecular complexity index is 874. The van der Waals surface area contributed by atoms with Crippen molar-refractivity contribution in [3.63, 3.8) is 0 Å². The molecule has 5 nitrogen and oxygen atoms in total. The molecule has 1 amide bonds. The summed E-state index contributed by atoms with van der Waals surface area (Å²) in [4.78, 5) is 16.3. The first-order chi connectivity index (χ1) is 12.7. The summed E-state index contributed by atoms with van der Waals surface area (Å²) in [5.74, 6) is 1.53. The van der Waals surface area contributed by atoms with Crippen molar-refractivity contribution in [3.8, 4) is 10.9 Å². The molecule has 1 fully saturated rings. The number of ether oxygens (including phenoxy) is 1. The SMILES string of the molecule is O=C(Cc1ccc(Oc2nc(Cc3ccccc3)ns2)cc1)NC1CC1. The van der Waals surface area contributed by atoms with Gasteiger partial charge in [-0.3, -0.25) is 4.79 Å². The monoisotopic (exact) mass is 365 g/mol. The van der Waals surface area contributed by atoms with Crippen LogP contribution in [0, 0.1) is 0 Å². The number of benzene rings is 2. The van der Waals surface area contributed by atoms with Gasteiger partial charge in [0.1, 0.15) is 5.75 Å². The summed E-state index contributed by atoms with van der Waals surface area (Å²) in [5.41, 5.74) is 2.14. The average molecular weight is 365 g/mol. The van der Waals surface area contributed by atoms with Crippen molar-refractivity contribution in [2.75, 3.05) is 0 Å². The number of nitrogens with zero attached hydrogens (tertiary/aromatic N) is 2. The fraction of sp³-hybridized carbons (Fsp3) is 0.250. The largest absolute Gasteiger partial charge is 0.430 e. The number of amides is 1. The van der Waals surface area contributed by atoms with E-state index in [0.29, 0.717) is 29.8 Å². The zero-order valence-electron chi connectivity index (χ0n) is 14.2. The topological polar surface area (TPSA) is 64.1 Å². The summed E-state index contributed by atoms with van der Waals surface area (Å²) in [6.07, 6.45) is 3.30. The Morgan fingerprint density at radius 3 is 2.58 bits per heavy atom. The highest BCUT2D eigenvalue weighted by Gasteiger charge is 2.23. The van der Waals surface area contributed by atoms with Gasteiger partial charge in [0, 0.05) is 24.0 Å². The smallest absolute Gasteiger partial charge is 0.298 e. The van der Waals surface area contributed by atoms with E-state index in [-0.39, 0.29) is 5.91 Å². The van der Waals surface area contributed by atoms with Crippen LogP contribution in [0.4, 0.5) is 0 Å². The fourth-order valence-electron chi connectivity index (χ4n) is 2.60. The van der Waals surface area contributed by atoms with Crippen molar-refractivity contribution < 1.29 is 9.53 Å². The van der Waals surface area contributed by atoms with Gasteiger partial charge in [0.25, 0.3) is 5.19 Å². The third-order valence-corrected chi connectivity index (χ3v) is 4.72. The van der Waals surface area contributed by atoms with E-state index in [1.165, 1.54) is 17.1 Å². The second-order valence-corrected chi connectivity index (χ2v) is 7.12. The minimum absolute atomic E-state index is 0.0795. The summed E-state index contributed by atoms with van der Waals surface area (Å²) in [6.45, 7) is 0. The van der Waals surface area contributed by atoms with Crippen LogP contribution in [0.1, 0.15) is 29.8 Å². The molecular weight excluding hydrogens is 346 g/mol. The number of nitrogens with one attached hydrogen (secondary N) is 1. The fourth-order valence-corrected chi connectivity index (χ4v) is 3.17. The maximum Gasteiger partial charge on any atom is 0.298 e. The van der Waals surface area contributed by atoms with E-state index in [0.717, 1.165) is 24.2 Å². The van der Waals surface area contributed by atoms with E-state index in [1.54, 1.807) is 0 Å². The summed E-state index contributed by atoms with van der Waals surface area (Å²) in [5, 5.41) is 3.52. The Hall–Kier alpha value is -2.73. The molecule has 0 aliphatic heterocycles. The minimum atomic E-state index is 0.0795. The number of aromatic nitrogens is 2. The molecule has 1 saturated carbocycles. The molecule has 1 aliphatic rings. The van der Waals surface area contributed by atoms with Crippen LogP contribution in [0.15, 0.2) is 54.6 Å². The normalized spacial score (nSPS) is 13.4. The molecule has 3 aromatic rings. The molecule has 0 spiro atoms. The van der Waals surface area contributed by atoms with Gasteiger partial charge in [0.05, 0.1) is 6.42 Å². The quantitative estimate of drug-likeness (QED) is 0.693. The predicted octanol–water partition coefficient (Wildman–Crippen LogP) is 3.74. The van der Waals surface area contributed by atoms with Crippen LogP contribution in [0.25, 0.3) is 0 Å². The lowest BCUT2D eigenvalue weighted by molar-refractivity contribution is -0.120. The molecule has 26 heavy (non-hydrogen) atoms. The highest BCUT2D eigenvalue weighted by molar-refractivity contribution is 7.07. The summed E-state index contributed by atoms with van der Waals surface area (Å²) in [7, 11) is 0. The third-order valence-electron chi connectivity index (χ3n) is 4.09. The van der Waals surface area contributed by atoms with Crippen LogP contribution < -0.4 is 10.1 Å². The van der Waals surface area contributed by atoms with Crippen LogP contribution in [-0.2, 0) is 17.6 Å². The zero-order valence-corrected chi connectivity index (χ0v) is 15.0. The van der Waals surface area contributed by atoms with Crippen molar-refractivity contribution >= 4 is 17.4 Å². The van der Waals surface area contributed by atoms with Crippen molar-refractivity contribution in [1.29, 1.82) is 0 Å². The molecule has 0 bridgehead atoms. The van der Waals surface area contributed by atoms with Crippen LogP contribution in [-0.4, -0.2) is 21.3 Å². The molecule has 0 unspecified atom stereocenters. The molecule has 1 N–H and O–H groups in total. The second kappa shape index (κ2) is 7.66. The van der Waals surface area contributed by atoms with Gasteiger partial charge in [-0.1, -0.05) is 42.5 Å². The molecular formula is C20H19N3O2S. The average Bonchev–Trinajstić information content (AvgIpc) is 3.35. The molecule has 6 heteroatoms. The summed E-state index contributed by atoms with van der Waals surface area (Å²) < 4.78 is 10.1. The Morgan fingerprint density at radius 2 is 1.85 bits per heavy atom. The lowest BCUT2D eigenvalue weighted by atomic mass is 10.1. The van der Waals surface area contributed by atoms with E-state index in [4.69, 9.17) is 4.74 Å². The molecule has 0 atom stereocenters. The zero-order chi connectivity index (χ0) is 17.8. The predicted molar refractivity (Wildman–Crippen MR) is 101 cm³/mol. The van der Waals surface area contributed by atoms with E-state index in [2.05, 4.69) is 26.8 Å². The summed E-state index contributed by atoms with van der Waals surface area (Å²) >= 11 is 1.24. The number of carbonyl (C=O) groups is 1. The number of rotatable bonds is 7. The van der Waals surface area contributed by atoms with Crippen molar-refractivity contribution in [3.05, 3.63) is 71.5 Å². The maximum atomic E-state index is 11.8. The van der Waals surface area contributed by atoms with Crippen LogP contribution in [0.3, 0.4) is 0 Å². The molecule has 0 saturated heterocycles. The van der Waals surface area contributed by atoms with Crippen LogP contribution in [0.2, 0.25) is 0 Å². The highest BCUT2D eigenvalue weighted by Crippen LogP contribution is 2.24. The molecule has 0 radical (unpaired) electrons. The molecule has 4 rings (SSSR count). The first-order valence-electron chi connectivity index (χ1n) is 8.67. The van der Waals surface area contributed by atoms with Gasteiger partial charge < -0.3 is 10.1 Å². The number of carbonyl (C=O) groups excluding carboxylic acids is 1. The van der Waals surface area contributed by atoms with Gasteiger partial charge in [0.15, 0.2) is 5.82 Å². The van der Waals surface area contributed by atoms with Crippen molar-refractivity contribution in [1.82, 2.24) is 14.7 Å². The Kier molecular flexibility index (Phi) is 4.93. The lowest BCUT2D eigenvalue weighted by Crippen LogP contribution is -2.26.